The summed E-state index contributed by atoms with van der Waals surface area (Å²) in [5.41, 5.74) is 2.67. The lowest BCUT2D eigenvalue weighted by Gasteiger charge is -2.09. The van der Waals surface area contributed by atoms with Crippen molar-refractivity contribution in [3.63, 3.8) is 0 Å². The number of aryl methyl sites for hydroxylation is 1. The summed E-state index contributed by atoms with van der Waals surface area (Å²) in [6.45, 7) is 8.73. The smallest absolute Gasteiger partial charge is 0.167 e. The van der Waals surface area contributed by atoms with Crippen molar-refractivity contribution in [2.45, 2.75) is 40.7 Å². The topological polar surface area (TPSA) is 39.1 Å². The zero-order valence-corrected chi connectivity index (χ0v) is 11.6. The van der Waals surface area contributed by atoms with Crippen LogP contribution >= 0.6 is 0 Å². The first-order valence-corrected chi connectivity index (χ1v) is 6.44. The first-order chi connectivity index (χ1) is 8.56. The summed E-state index contributed by atoms with van der Waals surface area (Å²) in [5, 5.41) is 0. The standard InChI is InChI=1S/C15H21NO2/c1-5-13-14(15(18)11(3)4)12(8-7-9-17)10-16(13)6-2/h7-11H,5-6H2,1-4H3/b8-7+. The van der Waals surface area contributed by atoms with Crippen LogP contribution in [-0.4, -0.2) is 16.6 Å². The van der Waals surface area contributed by atoms with Crippen LogP contribution in [0.25, 0.3) is 6.08 Å². The molecule has 0 saturated heterocycles. The van der Waals surface area contributed by atoms with E-state index in [-0.39, 0.29) is 11.7 Å². The van der Waals surface area contributed by atoms with E-state index in [1.165, 1.54) is 6.08 Å². The Hall–Kier alpha value is -1.64. The summed E-state index contributed by atoms with van der Waals surface area (Å²) in [4.78, 5) is 22.7. The number of aldehydes is 1. The van der Waals surface area contributed by atoms with Crippen LogP contribution in [0.15, 0.2) is 12.3 Å². The van der Waals surface area contributed by atoms with Crippen molar-refractivity contribution in [2.75, 3.05) is 0 Å². The molecule has 0 fully saturated rings. The van der Waals surface area contributed by atoms with Crippen LogP contribution in [-0.2, 0) is 17.8 Å². The molecule has 3 heteroatoms. The Labute approximate surface area is 108 Å². The Kier molecular flexibility index (Phi) is 5.08. The number of rotatable bonds is 6. The van der Waals surface area contributed by atoms with E-state index in [2.05, 4.69) is 11.5 Å². The molecule has 0 radical (unpaired) electrons. The second-order valence-electron chi connectivity index (χ2n) is 4.56. The van der Waals surface area contributed by atoms with Gasteiger partial charge in [-0.05, 0) is 25.5 Å². The Morgan fingerprint density at radius 1 is 1.39 bits per heavy atom. The fraction of sp³-hybridized carbons (Fsp3) is 0.467. The van der Waals surface area contributed by atoms with Gasteiger partial charge in [0.15, 0.2) is 5.78 Å². The lowest BCUT2D eigenvalue weighted by molar-refractivity contribution is -0.104. The minimum atomic E-state index is -0.0358. The van der Waals surface area contributed by atoms with E-state index in [1.54, 1.807) is 6.08 Å². The minimum Gasteiger partial charge on any atom is -0.350 e. The fourth-order valence-corrected chi connectivity index (χ4v) is 2.13. The number of allylic oxidation sites excluding steroid dienone is 1. The lowest BCUT2D eigenvalue weighted by Crippen LogP contribution is -2.11. The molecule has 3 nitrogen and oxygen atoms in total. The summed E-state index contributed by atoms with van der Waals surface area (Å²) in [6.07, 6.45) is 6.66. The highest BCUT2D eigenvalue weighted by Gasteiger charge is 2.21. The van der Waals surface area contributed by atoms with Gasteiger partial charge in [0.1, 0.15) is 6.29 Å². The average molecular weight is 247 g/mol. The third-order valence-corrected chi connectivity index (χ3v) is 3.02. The van der Waals surface area contributed by atoms with Gasteiger partial charge < -0.3 is 4.57 Å². The fourth-order valence-electron chi connectivity index (χ4n) is 2.13. The van der Waals surface area contributed by atoms with E-state index in [0.717, 1.165) is 36.1 Å². The molecule has 0 aliphatic carbocycles. The maximum atomic E-state index is 12.3. The summed E-state index contributed by atoms with van der Waals surface area (Å²) >= 11 is 0. The highest BCUT2D eigenvalue weighted by Crippen LogP contribution is 2.23. The highest BCUT2D eigenvalue weighted by atomic mass is 16.1. The van der Waals surface area contributed by atoms with Gasteiger partial charge in [0.05, 0.1) is 0 Å². The van der Waals surface area contributed by atoms with Crippen molar-refractivity contribution in [2.24, 2.45) is 5.92 Å². The van der Waals surface area contributed by atoms with Crippen LogP contribution < -0.4 is 0 Å². The van der Waals surface area contributed by atoms with E-state index in [1.807, 2.05) is 27.0 Å². The number of aromatic nitrogens is 1. The molecule has 0 amide bonds. The number of carbonyl (C=O) groups excluding carboxylic acids is 2. The molecule has 98 valence electrons. The molecule has 1 aromatic rings. The molecule has 0 atom stereocenters. The number of ketones is 1. The predicted octanol–water partition coefficient (Wildman–Crippen LogP) is 3.12. The van der Waals surface area contributed by atoms with Crippen LogP contribution in [0.5, 0.6) is 0 Å². The Morgan fingerprint density at radius 3 is 2.50 bits per heavy atom. The summed E-state index contributed by atoms with van der Waals surface area (Å²) in [5.74, 6) is 0.107. The number of carbonyl (C=O) groups is 2. The maximum absolute atomic E-state index is 12.3. The SMILES string of the molecule is CCc1c(C(=O)C(C)C)c(/C=C/C=O)cn1CC. The second-order valence-corrected chi connectivity index (χ2v) is 4.56. The molecule has 0 aromatic carbocycles. The van der Waals surface area contributed by atoms with Gasteiger partial charge in [-0.1, -0.05) is 20.8 Å². The van der Waals surface area contributed by atoms with Gasteiger partial charge >= 0.3 is 0 Å². The normalized spacial score (nSPS) is 11.4. The largest absolute Gasteiger partial charge is 0.350 e. The van der Waals surface area contributed by atoms with Gasteiger partial charge in [0.25, 0.3) is 0 Å². The average Bonchev–Trinajstić information content (AvgIpc) is 2.72. The zero-order chi connectivity index (χ0) is 13.7. The molecule has 1 heterocycles. The molecule has 0 aliphatic rings. The predicted molar refractivity (Wildman–Crippen MR) is 73.8 cm³/mol. The Morgan fingerprint density at radius 2 is 2.06 bits per heavy atom. The van der Waals surface area contributed by atoms with E-state index >= 15 is 0 Å². The molecule has 0 bridgehead atoms. The van der Waals surface area contributed by atoms with Gasteiger partial charge in [0.2, 0.25) is 0 Å². The zero-order valence-electron chi connectivity index (χ0n) is 11.6. The van der Waals surface area contributed by atoms with Crippen molar-refractivity contribution in [1.29, 1.82) is 0 Å². The van der Waals surface area contributed by atoms with Crippen LogP contribution in [0.1, 0.15) is 49.3 Å². The van der Waals surface area contributed by atoms with E-state index < -0.39 is 0 Å². The van der Waals surface area contributed by atoms with E-state index in [0.29, 0.717) is 0 Å². The van der Waals surface area contributed by atoms with Crippen LogP contribution in [0.4, 0.5) is 0 Å². The van der Waals surface area contributed by atoms with Gasteiger partial charge in [0, 0.05) is 35.5 Å². The summed E-state index contributed by atoms with van der Waals surface area (Å²) < 4.78 is 2.08. The Bertz CT molecular complexity index is 467. The molecule has 18 heavy (non-hydrogen) atoms. The quantitative estimate of drug-likeness (QED) is 0.440. The molecule has 0 saturated carbocycles. The molecule has 0 N–H and O–H groups in total. The van der Waals surface area contributed by atoms with Gasteiger partial charge in [-0.25, -0.2) is 0 Å². The third kappa shape index (κ3) is 2.78. The highest BCUT2D eigenvalue weighted by molar-refractivity contribution is 6.02. The van der Waals surface area contributed by atoms with Crippen LogP contribution in [0.2, 0.25) is 0 Å². The van der Waals surface area contributed by atoms with Crippen molar-refractivity contribution in [3.05, 3.63) is 29.1 Å². The van der Waals surface area contributed by atoms with Crippen molar-refractivity contribution < 1.29 is 9.59 Å². The molecule has 0 spiro atoms. The van der Waals surface area contributed by atoms with Gasteiger partial charge in [-0.3, -0.25) is 9.59 Å². The van der Waals surface area contributed by atoms with Crippen LogP contribution in [0.3, 0.4) is 0 Å². The third-order valence-electron chi connectivity index (χ3n) is 3.02. The number of hydrogen-bond donors (Lipinski definition) is 0. The number of nitrogens with zero attached hydrogens (tertiary/aromatic N) is 1. The second kappa shape index (κ2) is 6.34. The van der Waals surface area contributed by atoms with Gasteiger partial charge in [-0.2, -0.15) is 0 Å². The number of hydrogen-bond acceptors (Lipinski definition) is 2. The van der Waals surface area contributed by atoms with Crippen molar-refractivity contribution in [3.8, 4) is 0 Å². The molecular formula is C15H21NO2. The molecule has 0 unspecified atom stereocenters. The molecular weight excluding hydrogens is 226 g/mol. The first-order valence-electron chi connectivity index (χ1n) is 6.44. The maximum Gasteiger partial charge on any atom is 0.167 e. The van der Waals surface area contributed by atoms with Gasteiger partial charge in [-0.15, -0.1) is 0 Å². The summed E-state index contributed by atoms with van der Waals surface area (Å²) in [7, 11) is 0. The Balaban J connectivity index is 3.41. The molecule has 0 aliphatic heterocycles. The monoisotopic (exact) mass is 247 g/mol. The van der Waals surface area contributed by atoms with Crippen molar-refractivity contribution >= 4 is 18.1 Å². The minimum absolute atomic E-state index is 0.0358. The molecule has 1 aromatic heterocycles. The van der Waals surface area contributed by atoms with Crippen molar-refractivity contribution in [1.82, 2.24) is 4.57 Å². The molecule has 1 rings (SSSR count). The number of Topliss-reactive ketones (excluding diaryl/α,β-unsaturated/α-hetero) is 1. The first kappa shape index (κ1) is 14.4. The summed E-state index contributed by atoms with van der Waals surface area (Å²) in [6, 6.07) is 0. The van der Waals surface area contributed by atoms with E-state index in [4.69, 9.17) is 0 Å². The van der Waals surface area contributed by atoms with Crippen LogP contribution in [0, 0.1) is 5.92 Å². The van der Waals surface area contributed by atoms with E-state index in [9.17, 15) is 9.59 Å². The lowest BCUT2D eigenvalue weighted by atomic mass is 9.96.